The van der Waals surface area contributed by atoms with Gasteiger partial charge in [0.25, 0.3) is 0 Å². The summed E-state index contributed by atoms with van der Waals surface area (Å²) in [6.07, 6.45) is -0.0557. The quantitative estimate of drug-likeness (QED) is 0.668. The molecule has 3 rings (SSSR count). The first kappa shape index (κ1) is 17.6. The number of benzene rings is 2. The van der Waals surface area contributed by atoms with Crippen LogP contribution in [0.5, 0.6) is 0 Å². The van der Waals surface area contributed by atoms with Crippen molar-refractivity contribution in [1.29, 1.82) is 0 Å². The molecule has 0 fully saturated rings. The normalized spacial score (nSPS) is 10.7. The molecule has 25 heavy (non-hydrogen) atoms. The zero-order valence-corrected chi connectivity index (χ0v) is 15.1. The van der Waals surface area contributed by atoms with Crippen LogP contribution in [0.15, 0.2) is 51.4 Å². The van der Waals surface area contributed by atoms with Gasteiger partial charge in [0.2, 0.25) is 17.7 Å². The van der Waals surface area contributed by atoms with Crippen LogP contribution in [0.2, 0.25) is 5.02 Å². The minimum atomic E-state index is -0.425. The summed E-state index contributed by atoms with van der Waals surface area (Å²) >= 11 is 9.29. The number of rotatable bonds is 5. The van der Waals surface area contributed by atoms with E-state index in [0.29, 0.717) is 11.5 Å². The van der Waals surface area contributed by atoms with E-state index in [2.05, 4.69) is 31.4 Å². The van der Waals surface area contributed by atoms with E-state index in [4.69, 9.17) is 16.0 Å². The molecule has 0 unspecified atom stereocenters. The number of nitrogens with one attached hydrogen (secondary N) is 1. The molecule has 5 nitrogen and oxygen atoms in total. The minimum absolute atomic E-state index is 0.0557. The van der Waals surface area contributed by atoms with Crippen molar-refractivity contribution in [2.45, 2.75) is 13.0 Å². The van der Waals surface area contributed by atoms with Crippen LogP contribution < -0.4 is 5.32 Å². The molecule has 0 aliphatic rings. The highest BCUT2D eigenvalue weighted by molar-refractivity contribution is 9.10. The van der Waals surface area contributed by atoms with E-state index < -0.39 is 5.82 Å². The Hall–Kier alpha value is -2.25. The van der Waals surface area contributed by atoms with E-state index in [1.165, 1.54) is 18.2 Å². The summed E-state index contributed by atoms with van der Waals surface area (Å²) in [6.45, 7) is 0.185. The number of nitrogens with zero attached hydrogens (tertiary/aromatic N) is 2. The van der Waals surface area contributed by atoms with Gasteiger partial charge in [0.05, 0.1) is 0 Å². The molecule has 1 amide bonds. The highest BCUT2D eigenvalue weighted by atomic mass is 79.9. The fraction of sp³-hybridized carbons (Fsp3) is 0.118. The van der Waals surface area contributed by atoms with Gasteiger partial charge in [-0.2, -0.15) is 0 Å². The summed E-state index contributed by atoms with van der Waals surface area (Å²) in [5.41, 5.74) is 1.38. The summed E-state index contributed by atoms with van der Waals surface area (Å²) in [4.78, 5) is 12.0. The van der Waals surface area contributed by atoms with Gasteiger partial charge in [-0.1, -0.05) is 39.7 Å². The molecular formula is C17H12BrClFN3O2. The molecule has 0 saturated heterocycles. The van der Waals surface area contributed by atoms with Crippen molar-refractivity contribution >= 4 is 33.4 Å². The predicted octanol–water partition coefficient (Wildman–Crippen LogP) is 4.15. The molecule has 0 aliphatic carbocycles. The van der Waals surface area contributed by atoms with Gasteiger partial charge in [0, 0.05) is 21.6 Å². The molecular weight excluding hydrogens is 413 g/mol. The Balaban J connectivity index is 1.60. The smallest absolute Gasteiger partial charge is 0.247 e. The van der Waals surface area contributed by atoms with E-state index in [1.807, 2.05) is 24.3 Å². The van der Waals surface area contributed by atoms with Crippen molar-refractivity contribution in [2.24, 2.45) is 0 Å². The number of halogens is 3. The lowest BCUT2D eigenvalue weighted by atomic mass is 10.2. The van der Waals surface area contributed by atoms with Gasteiger partial charge in [-0.15, -0.1) is 10.2 Å². The summed E-state index contributed by atoms with van der Waals surface area (Å²) in [6, 6.07) is 11.4. The first-order chi connectivity index (χ1) is 12.0. The molecule has 1 aromatic heterocycles. The fourth-order valence-electron chi connectivity index (χ4n) is 2.12. The average molecular weight is 425 g/mol. The molecule has 0 atom stereocenters. The van der Waals surface area contributed by atoms with Crippen LogP contribution in [0.4, 0.5) is 4.39 Å². The number of hydrogen-bond acceptors (Lipinski definition) is 4. The Kier molecular flexibility index (Phi) is 5.45. The molecule has 0 saturated carbocycles. The Labute approximate surface area is 156 Å². The molecule has 0 bridgehead atoms. The SMILES string of the molecule is O=C(Cc1nnc(-c2cccc(Br)c2)o1)NCc1ccc(F)cc1Cl. The minimum Gasteiger partial charge on any atom is -0.420 e. The molecule has 1 N–H and O–H groups in total. The summed E-state index contributed by atoms with van der Waals surface area (Å²) in [5, 5.41) is 10.8. The first-order valence-electron chi connectivity index (χ1n) is 7.30. The van der Waals surface area contributed by atoms with Crippen LogP contribution in [0, 0.1) is 5.82 Å². The standard InChI is InChI=1S/C17H12BrClFN3O2/c18-12-3-1-2-10(6-12)17-23-22-16(25-17)8-15(24)21-9-11-4-5-13(20)7-14(11)19/h1-7H,8-9H2,(H,21,24). The lowest BCUT2D eigenvalue weighted by molar-refractivity contribution is -0.120. The molecule has 1 heterocycles. The van der Waals surface area contributed by atoms with Gasteiger partial charge in [-0.25, -0.2) is 4.39 Å². The van der Waals surface area contributed by atoms with Crippen molar-refractivity contribution < 1.29 is 13.6 Å². The van der Waals surface area contributed by atoms with Gasteiger partial charge in [-0.3, -0.25) is 4.79 Å². The lowest BCUT2D eigenvalue weighted by Crippen LogP contribution is -2.24. The highest BCUT2D eigenvalue weighted by Gasteiger charge is 2.13. The third-order valence-electron chi connectivity index (χ3n) is 3.34. The molecule has 8 heteroatoms. The van der Waals surface area contributed by atoms with Crippen molar-refractivity contribution in [2.75, 3.05) is 0 Å². The summed E-state index contributed by atoms with van der Waals surface area (Å²) < 4.78 is 19.4. The van der Waals surface area contributed by atoms with E-state index >= 15 is 0 Å². The fourth-order valence-corrected chi connectivity index (χ4v) is 2.76. The monoisotopic (exact) mass is 423 g/mol. The Morgan fingerprint density at radius 1 is 1.24 bits per heavy atom. The van der Waals surface area contributed by atoms with Crippen LogP contribution in [-0.4, -0.2) is 16.1 Å². The van der Waals surface area contributed by atoms with Crippen LogP contribution in [0.3, 0.4) is 0 Å². The Morgan fingerprint density at radius 3 is 2.84 bits per heavy atom. The van der Waals surface area contributed by atoms with E-state index in [0.717, 1.165) is 10.0 Å². The topological polar surface area (TPSA) is 68.0 Å². The third-order valence-corrected chi connectivity index (χ3v) is 4.19. The highest BCUT2D eigenvalue weighted by Crippen LogP contribution is 2.22. The average Bonchev–Trinajstić information content (AvgIpc) is 3.02. The second-order valence-corrected chi connectivity index (χ2v) is 6.52. The first-order valence-corrected chi connectivity index (χ1v) is 8.47. The molecule has 0 aliphatic heterocycles. The van der Waals surface area contributed by atoms with Gasteiger partial charge in [0.15, 0.2) is 0 Å². The van der Waals surface area contributed by atoms with Crippen molar-refractivity contribution in [3.8, 4) is 11.5 Å². The van der Waals surface area contributed by atoms with Crippen molar-refractivity contribution in [1.82, 2.24) is 15.5 Å². The van der Waals surface area contributed by atoms with Gasteiger partial charge in [-0.05, 0) is 35.9 Å². The van der Waals surface area contributed by atoms with Crippen molar-refractivity contribution in [3.63, 3.8) is 0 Å². The number of carbonyl (C=O) groups excluding carboxylic acids is 1. The van der Waals surface area contributed by atoms with Crippen LogP contribution in [-0.2, 0) is 17.8 Å². The second-order valence-electron chi connectivity index (χ2n) is 5.20. The van der Waals surface area contributed by atoms with Crippen molar-refractivity contribution in [3.05, 3.63) is 69.2 Å². The zero-order chi connectivity index (χ0) is 17.8. The third kappa shape index (κ3) is 4.64. The maximum Gasteiger partial charge on any atom is 0.247 e. The maximum atomic E-state index is 13.0. The van der Waals surface area contributed by atoms with Gasteiger partial charge < -0.3 is 9.73 Å². The molecule has 2 aromatic carbocycles. The maximum absolute atomic E-state index is 13.0. The number of carbonyl (C=O) groups is 1. The van der Waals surface area contributed by atoms with E-state index in [-0.39, 0.29) is 29.8 Å². The molecule has 0 spiro atoms. The molecule has 3 aromatic rings. The molecule has 128 valence electrons. The van der Waals surface area contributed by atoms with Crippen LogP contribution in [0.25, 0.3) is 11.5 Å². The largest absolute Gasteiger partial charge is 0.420 e. The molecule has 0 radical (unpaired) electrons. The van der Waals surface area contributed by atoms with E-state index in [1.54, 1.807) is 0 Å². The predicted molar refractivity (Wildman–Crippen MR) is 94.4 cm³/mol. The number of aromatic nitrogens is 2. The van der Waals surface area contributed by atoms with E-state index in [9.17, 15) is 9.18 Å². The van der Waals surface area contributed by atoms with Gasteiger partial charge >= 0.3 is 0 Å². The lowest BCUT2D eigenvalue weighted by Gasteiger charge is -2.06. The van der Waals surface area contributed by atoms with Crippen LogP contribution >= 0.6 is 27.5 Å². The van der Waals surface area contributed by atoms with Gasteiger partial charge in [0.1, 0.15) is 12.2 Å². The second kappa shape index (κ2) is 7.76. The Bertz CT molecular complexity index is 916. The number of amides is 1. The van der Waals surface area contributed by atoms with Crippen LogP contribution in [0.1, 0.15) is 11.5 Å². The Morgan fingerprint density at radius 2 is 2.08 bits per heavy atom. The summed E-state index contributed by atoms with van der Waals surface area (Å²) in [7, 11) is 0. The summed E-state index contributed by atoms with van der Waals surface area (Å²) in [5.74, 6) is -0.181. The number of hydrogen-bond donors (Lipinski definition) is 1. The zero-order valence-electron chi connectivity index (χ0n) is 12.8.